The minimum absolute atomic E-state index is 1.09. The Morgan fingerprint density at radius 1 is 0.286 bits per heavy atom. The van der Waals surface area contributed by atoms with E-state index >= 15 is 0 Å². The molecule has 0 heterocycles. The van der Waals surface area contributed by atoms with Gasteiger partial charge in [-0.1, -0.05) is 154 Å². The SMILES string of the molecule is [CH2]CCCCC=CCCCCCCCCCCCCCCCCCCCC[CH2]. The lowest BCUT2D eigenvalue weighted by Crippen LogP contribution is -1.84. The fraction of sp³-hybridized carbons (Fsp3) is 0.857. The number of allylic oxidation sites excluding steroid dienone is 2. The molecule has 0 nitrogen and oxygen atoms in total. The smallest absolute Gasteiger partial charge is 0.0351 e. The Labute approximate surface area is 180 Å². The van der Waals surface area contributed by atoms with Gasteiger partial charge in [0.1, 0.15) is 0 Å². The van der Waals surface area contributed by atoms with Gasteiger partial charge in [-0.25, -0.2) is 0 Å². The lowest BCUT2D eigenvalue weighted by atomic mass is 10.0. The van der Waals surface area contributed by atoms with Gasteiger partial charge in [0.05, 0.1) is 0 Å². The van der Waals surface area contributed by atoms with Gasteiger partial charge >= 0.3 is 0 Å². The second-order valence-electron chi connectivity index (χ2n) is 8.83. The van der Waals surface area contributed by atoms with Gasteiger partial charge in [0.25, 0.3) is 0 Å². The molecule has 0 aromatic rings. The van der Waals surface area contributed by atoms with E-state index in [-0.39, 0.29) is 0 Å². The Morgan fingerprint density at radius 3 is 0.821 bits per heavy atom. The lowest BCUT2D eigenvalue weighted by molar-refractivity contribution is 0.524. The molecule has 0 aromatic heterocycles. The van der Waals surface area contributed by atoms with Crippen molar-refractivity contribution in [3.8, 4) is 0 Å². The van der Waals surface area contributed by atoms with Crippen molar-refractivity contribution >= 4 is 0 Å². The molecule has 0 amide bonds. The molecule has 0 aromatic carbocycles. The molecule has 0 heteroatoms. The summed E-state index contributed by atoms with van der Waals surface area (Å²) in [6.07, 6.45) is 38.2. The highest BCUT2D eigenvalue weighted by molar-refractivity contribution is 4.81. The summed E-state index contributed by atoms with van der Waals surface area (Å²) in [6, 6.07) is 0. The summed E-state index contributed by atoms with van der Waals surface area (Å²) in [5.74, 6) is 0. The molecule has 0 saturated carbocycles. The first kappa shape index (κ1) is 27.7. The van der Waals surface area contributed by atoms with Crippen LogP contribution in [0, 0.1) is 13.8 Å². The van der Waals surface area contributed by atoms with Crippen molar-refractivity contribution < 1.29 is 0 Å². The highest BCUT2D eigenvalue weighted by Crippen LogP contribution is 2.14. The maximum Gasteiger partial charge on any atom is -0.0351 e. The summed E-state index contributed by atoms with van der Waals surface area (Å²) in [6.45, 7) is 7.80. The minimum Gasteiger partial charge on any atom is -0.0885 e. The van der Waals surface area contributed by atoms with E-state index in [0.717, 1.165) is 12.8 Å². The van der Waals surface area contributed by atoms with Crippen LogP contribution >= 0.6 is 0 Å². The van der Waals surface area contributed by atoms with E-state index in [9.17, 15) is 0 Å². The number of unbranched alkanes of at least 4 members (excludes halogenated alkanes) is 22. The topological polar surface area (TPSA) is 0 Å². The molecule has 0 bridgehead atoms. The van der Waals surface area contributed by atoms with Gasteiger partial charge in [-0.2, -0.15) is 0 Å². The van der Waals surface area contributed by atoms with Crippen LogP contribution in [0.3, 0.4) is 0 Å². The largest absolute Gasteiger partial charge is 0.0885 e. The highest BCUT2D eigenvalue weighted by Gasteiger charge is 1.95. The Kier molecular flexibility index (Phi) is 26.5. The normalized spacial score (nSPS) is 11.6. The van der Waals surface area contributed by atoms with Crippen LogP contribution in [0.15, 0.2) is 12.2 Å². The summed E-state index contributed by atoms with van der Waals surface area (Å²) in [5.41, 5.74) is 0. The molecule has 0 N–H and O–H groups in total. The first-order chi connectivity index (χ1) is 13.9. The molecule has 0 rings (SSSR count). The first-order valence-electron chi connectivity index (χ1n) is 13.1. The highest BCUT2D eigenvalue weighted by atomic mass is 14.0. The fourth-order valence-corrected chi connectivity index (χ4v) is 3.94. The summed E-state index contributed by atoms with van der Waals surface area (Å²) in [5, 5.41) is 0. The standard InChI is InChI=1S/C28H54/c1-3-5-7-9-11-13-15-17-19-21-23-25-27-28-26-24-22-20-18-16-14-12-10-8-6-4-2/h11,13H,1-10,12,14-28H2. The van der Waals surface area contributed by atoms with Gasteiger partial charge in [0, 0.05) is 0 Å². The van der Waals surface area contributed by atoms with E-state index < -0.39 is 0 Å². The maximum atomic E-state index is 3.91. The number of hydrogen-bond acceptors (Lipinski definition) is 0. The molecule has 2 radical (unpaired) electrons. The van der Waals surface area contributed by atoms with E-state index in [1.807, 2.05) is 0 Å². The number of rotatable bonds is 24. The zero-order valence-electron chi connectivity index (χ0n) is 19.5. The quantitative estimate of drug-likeness (QED) is 0.113. The van der Waals surface area contributed by atoms with E-state index in [2.05, 4.69) is 26.0 Å². The monoisotopic (exact) mass is 390 g/mol. The third-order valence-corrected chi connectivity index (χ3v) is 5.91. The summed E-state index contributed by atoms with van der Waals surface area (Å²) < 4.78 is 0. The molecule has 0 aliphatic heterocycles. The van der Waals surface area contributed by atoms with Crippen LogP contribution in [0.4, 0.5) is 0 Å². The van der Waals surface area contributed by atoms with E-state index in [0.29, 0.717) is 0 Å². The van der Waals surface area contributed by atoms with Gasteiger partial charge < -0.3 is 0 Å². The fourth-order valence-electron chi connectivity index (χ4n) is 3.94. The van der Waals surface area contributed by atoms with Crippen LogP contribution in [0.25, 0.3) is 0 Å². The molecule has 28 heavy (non-hydrogen) atoms. The van der Waals surface area contributed by atoms with Gasteiger partial charge in [-0.3, -0.25) is 0 Å². The van der Waals surface area contributed by atoms with Crippen molar-refractivity contribution in [3.05, 3.63) is 26.0 Å². The van der Waals surface area contributed by atoms with Crippen LogP contribution in [-0.2, 0) is 0 Å². The van der Waals surface area contributed by atoms with Crippen molar-refractivity contribution in [1.82, 2.24) is 0 Å². The van der Waals surface area contributed by atoms with Crippen LogP contribution in [0.2, 0.25) is 0 Å². The zero-order chi connectivity index (χ0) is 20.4. The molecule has 0 saturated heterocycles. The Morgan fingerprint density at radius 2 is 0.500 bits per heavy atom. The van der Waals surface area contributed by atoms with Gasteiger partial charge in [0.15, 0.2) is 0 Å². The molecular formula is C28H54. The van der Waals surface area contributed by atoms with Gasteiger partial charge in [0.2, 0.25) is 0 Å². The first-order valence-corrected chi connectivity index (χ1v) is 13.1. The molecular weight excluding hydrogens is 336 g/mol. The molecule has 0 atom stereocenters. The summed E-state index contributed by atoms with van der Waals surface area (Å²) in [7, 11) is 0. The average molecular weight is 391 g/mol. The number of hydrogen-bond donors (Lipinski definition) is 0. The Balaban J connectivity index is 3.01. The predicted octanol–water partition coefficient (Wildman–Crippen LogP) is 10.6. The van der Waals surface area contributed by atoms with Crippen molar-refractivity contribution in [2.45, 2.75) is 154 Å². The second-order valence-corrected chi connectivity index (χ2v) is 8.83. The third-order valence-electron chi connectivity index (χ3n) is 5.91. The van der Waals surface area contributed by atoms with Gasteiger partial charge in [-0.05, 0) is 25.7 Å². The average Bonchev–Trinajstić information content (AvgIpc) is 2.71. The Bertz CT molecular complexity index is 278. The molecule has 166 valence electrons. The van der Waals surface area contributed by atoms with Crippen LogP contribution < -0.4 is 0 Å². The third kappa shape index (κ3) is 25.7. The van der Waals surface area contributed by atoms with E-state index in [4.69, 9.17) is 0 Å². The molecule has 0 aliphatic rings. The second kappa shape index (κ2) is 26.7. The Hall–Kier alpha value is -0.260. The van der Waals surface area contributed by atoms with Crippen molar-refractivity contribution in [1.29, 1.82) is 0 Å². The molecule has 0 fully saturated rings. The maximum absolute atomic E-state index is 3.91. The lowest BCUT2D eigenvalue weighted by Gasteiger charge is -2.03. The van der Waals surface area contributed by atoms with Crippen LogP contribution in [-0.4, -0.2) is 0 Å². The zero-order valence-corrected chi connectivity index (χ0v) is 19.5. The molecule has 0 spiro atoms. The summed E-state index contributed by atoms with van der Waals surface area (Å²) in [4.78, 5) is 0. The van der Waals surface area contributed by atoms with Crippen molar-refractivity contribution in [3.63, 3.8) is 0 Å². The minimum atomic E-state index is 1.09. The molecule has 0 aliphatic carbocycles. The van der Waals surface area contributed by atoms with Crippen LogP contribution in [0.5, 0.6) is 0 Å². The van der Waals surface area contributed by atoms with Crippen molar-refractivity contribution in [2.75, 3.05) is 0 Å². The van der Waals surface area contributed by atoms with E-state index in [1.54, 1.807) is 0 Å². The van der Waals surface area contributed by atoms with E-state index in [1.165, 1.54) is 141 Å². The van der Waals surface area contributed by atoms with Crippen molar-refractivity contribution in [2.24, 2.45) is 0 Å². The van der Waals surface area contributed by atoms with Crippen LogP contribution in [0.1, 0.15) is 154 Å². The molecule has 0 unspecified atom stereocenters. The van der Waals surface area contributed by atoms with Gasteiger partial charge in [-0.15, -0.1) is 0 Å². The predicted molar refractivity (Wildman–Crippen MR) is 131 cm³/mol. The summed E-state index contributed by atoms with van der Waals surface area (Å²) >= 11 is 0.